The smallest absolute Gasteiger partial charge is 0.312 e. The predicted octanol–water partition coefficient (Wildman–Crippen LogP) is 10.9. The lowest BCUT2D eigenvalue weighted by Crippen LogP contribution is -2.47. The SMILES string of the molecule is CCC(C)C(=O)OC1C2CC3C1OC(=O)C3C2C(=O)OC1(C)CCCCC1.CCC(C)C(=O)OC1C2CC3C1OC(=O)C3C2C(=O)OC1(CC)CC2CCC1C2.CCC(C)C(=O)OC1CC2CC1C1(CCOC1=O)C2.CCC(C)C(=O)OC1CC2CC1C1(COC(=O)C1)C2. The summed E-state index contributed by atoms with van der Waals surface area (Å²) in [5.41, 5.74) is -1.17. The van der Waals surface area contributed by atoms with E-state index in [9.17, 15) is 47.9 Å². The molecule has 20 nitrogen and oxygen atoms in total. The quantitative estimate of drug-likeness (QED) is 0.0967. The molecule has 15 fully saturated rings. The van der Waals surface area contributed by atoms with E-state index in [-0.39, 0.29) is 142 Å². The summed E-state index contributed by atoms with van der Waals surface area (Å²) in [6.07, 6.45) is 20.2. The molecule has 11 saturated carbocycles. The van der Waals surface area contributed by atoms with Crippen molar-refractivity contribution in [2.75, 3.05) is 13.2 Å². The fraction of sp³-hybridized carbons (Fsp3) is 0.865. The molecule has 0 N–H and O–H groups in total. The second kappa shape index (κ2) is 26.8. The minimum atomic E-state index is -0.547. The van der Waals surface area contributed by atoms with E-state index in [0.717, 1.165) is 109 Å². The highest BCUT2D eigenvalue weighted by molar-refractivity contribution is 5.88. The van der Waals surface area contributed by atoms with E-state index in [2.05, 4.69) is 6.92 Å². The van der Waals surface area contributed by atoms with Gasteiger partial charge in [0, 0.05) is 40.9 Å². The summed E-state index contributed by atoms with van der Waals surface area (Å²) in [6.45, 7) is 20.5. The number of ether oxygens (including phenoxy) is 10. The molecule has 94 heavy (non-hydrogen) atoms. The molecule has 2 spiro atoms. The molecule has 10 bridgehead atoms. The molecule has 4 heterocycles. The van der Waals surface area contributed by atoms with Crippen molar-refractivity contribution in [2.24, 2.45) is 117 Å². The molecule has 20 heteroatoms. The first-order valence-electron chi connectivity index (χ1n) is 36.8. The number of carbonyl (C=O) groups excluding carboxylic acids is 10. The van der Waals surface area contributed by atoms with Gasteiger partial charge in [-0.15, -0.1) is 0 Å². The molecule has 522 valence electrons. The lowest BCUT2D eigenvalue weighted by Gasteiger charge is -2.39. The average Bonchev–Trinajstić information content (AvgIpc) is 1.55. The van der Waals surface area contributed by atoms with Crippen molar-refractivity contribution in [2.45, 2.75) is 271 Å². The van der Waals surface area contributed by atoms with Gasteiger partial charge >= 0.3 is 59.7 Å². The molecule has 0 aromatic rings. The van der Waals surface area contributed by atoms with E-state index in [4.69, 9.17) is 47.4 Å². The zero-order valence-corrected chi connectivity index (χ0v) is 57.4. The number of carbonyl (C=O) groups is 10. The van der Waals surface area contributed by atoms with Gasteiger partial charge in [0.05, 0.1) is 72.4 Å². The zero-order chi connectivity index (χ0) is 67.1. The molecule has 27 atom stereocenters. The van der Waals surface area contributed by atoms with Crippen LogP contribution >= 0.6 is 0 Å². The van der Waals surface area contributed by atoms with Gasteiger partial charge < -0.3 is 47.4 Å². The van der Waals surface area contributed by atoms with Crippen LogP contribution in [0.5, 0.6) is 0 Å². The van der Waals surface area contributed by atoms with Gasteiger partial charge in [-0.1, -0.05) is 68.7 Å². The van der Waals surface area contributed by atoms with Crippen LogP contribution in [-0.4, -0.2) is 121 Å². The van der Waals surface area contributed by atoms with E-state index < -0.39 is 53.7 Å². The van der Waals surface area contributed by atoms with Gasteiger partial charge in [0.15, 0.2) is 0 Å². The van der Waals surface area contributed by atoms with E-state index in [1.54, 1.807) is 0 Å². The molecule has 11 aliphatic carbocycles. The number of cyclic esters (lactones) is 2. The summed E-state index contributed by atoms with van der Waals surface area (Å²) in [5, 5.41) is 0. The predicted molar refractivity (Wildman–Crippen MR) is 334 cm³/mol. The zero-order valence-electron chi connectivity index (χ0n) is 57.4. The fourth-order valence-corrected chi connectivity index (χ4v) is 21.1. The van der Waals surface area contributed by atoms with Gasteiger partial charge in [0.25, 0.3) is 0 Å². The van der Waals surface area contributed by atoms with Crippen LogP contribution in [0, 0.1) is 117 Å². The van der Waals surface area contributed by atoms with Crippen molar-refractivity contribution < 1.29 is 95.3 Å². The minimum Gasteiger partial charge on any atom is -0.465 e. The van der Waals surface area contributed by atoms with E-state index >= 15 is 0 Å². The third-order valence-electron chi connectivity index (χ3n) is 27.1. The second-order valence-electron chi connectivity index (χ2n) is 32.4. The molecule has 0 radical (unpaired) electrons. The molecule has 27 unspecified atom stereocenters. The average molecular weight is 1320 g/mol. The Labute approximate surface area is 554 Å². The standard InChI is InChI=1S/C23H32O6.C21H30O6.2C15H22O4/c1-4-11(3)20(24)27-18-15-9-14-16(21(25)28-19(14)18)17(15)22(26)29-23(5-2)10-12-6-7-13(23)8-12;1-4-11(2)18(22)25-16-13-10-12-14(19(23)26-17(12)16)15(13)20(24)27-21(3)8-6-5-7-9-21;1-3-9(2)14(17)19-12-5-10-4-11(12)15(6-10)7-13(16)18-8-15;1-3-9(2)13(16)19-12-7-10-6-11(12)15(8-10)4-5-18-14(15)17/h11-19H,4-10H2,1-3H3;11-17H,4-10H2,1-3H3;2*9-12H,3-8H2,1-2H3. The summed E-state index contributed by atoms with van der Waals surface area (Å²) in [6, 6.07) is 0. The number of hydrogen-bond acceptors (Lipinski definition) is 20. The minimum absolute atomic E-state index is 0.00903. The number of esters is 10. The highest BCUT2D eigenvalue weighted by Crippen LogP contribution is 2.64. The highest BCUT2D eigenvalue weighted by atomic mass is 16.6. The van der Waals surface area contributed by atoms with Gasteiger partial charge in [0.2, 0.25) is 0 Å². The molecule has 15 aliphatic rings. The maximum Gasteiger partial charge on any atom is 0.312 e. The third-order valence-corrected chi connectivity index (χ3v) is 27.1. The number of fused-ring (bicyclic) bond motifs is 10. The summed E-state index contributed by atoms with van der Waals surface area (Å²) >= 11 is 0. The van der Waals surface area contributed by atoms with Crippen molar-refractivity contribution in [3.63, 3.8) is 0 Å². The Bertz CT molecular complexity index is 2930. The number of hydrogen-bond donors (Lipinski definition) is 0. The second-order valence-corrected chi connectivity index (χ2v) is 32.4. The van der Waals surface area contributed by atoms with Crippen LogP contribution in [0.2, 0.25) is 0 Å². The first kappa shape index (κ1) is 68.6. The van der Waals surface area contributed by atoms with Crippen molar-refractivity contribution in [1.29, 1.82) is 0 Å². The van der Waals surface area contributed by atoms with Crippen molar-refractivity contribution >= 4 is 59.7 Å². The largest absolute Gasteiger partial charge is 0.465 e. The first-order chi connectivity index (χ1) is 44.8. The summed E-state index contributed by atoms with van der Waals surface area (Å²) in [4.78, 5) is 124. The number of rotatable bonds is 17. The van der Waals surface area contributed by atoms with Gasteiger partial charge in [-0.05, 0) is 172 Å². The molecule has 4 aliphatic heterocycles. The Morgan fingerprint density at radius 1 is 0.521 bits per heavy atom. The van der Waals surface area contributed by atoms with Gasteiger partial charge in [-0.25, -0.2) is 0 Å². The van der Waals surface area contributed by atoms with Crippen molar-refractivity contribution in [1.82, 2.24) is 0 Å². The van der Waals surface area contributed by atoms with Crippen LogP contribution in [0.4, 0.5) is 0 Å². The molecule has 0 amide bonds. The highest BCUT2D eigenvalue weighted by Gasteiger charge is 2.73. The van der Waals surface area contributed by atoms with Crippen LogP contribution < -0.4 is 0 Å². The van der Waals surface area contributed by atoms with E-state index in [1.165, 1.54) is 12.8 Å². The Hall–Kier alpha value is -5.30. The fourth-order valence-electron chi connectivity index (χ4n) is 21.1. The topological polar surface area (TPSA) is 263 Å². The molecule has 0 aromatic carbocycles. The molecule has 4 saturated heterocycles. The monoisotopic (exact) mass is 1310 g/mol. The summed E-state index contributed by atoms with van der Waals surface area (Å²) in [5.74, 6) is -2.16. The molecular weight excluding hydrogens is 1210 g/mol. The van der Waals surface area contributed by atoms with Crippen LogP contribution in [0.15, 0.2) is 0 Å². The van der Waals surface area contributed by atoms with Crippen molar-refractivity contribution in [3.05, 3.63) is 0 Å². The summed E-state index contributed by atoms with van der Waals surface area (Å²) in [7, 11) is 0. The van der Waals surface area contributed by atoms with Crippen LogP contribution in [-0.2, 0) is 95.3 Å². The Morgan fingerprint density at radius 3 is 1.46 bits per heavy atom. The Balaban J connectivity index is 0.000000122. The van der Waals surface area contributed by atoms with E-state index in [0.29, 0.717) is 74.9 Å². The third kappa shape index (κ3) is 12.3. The van der Waals surface area contributed by atoms with E-state index in [1.807, 2.05) is 62.3 Å². The Morgan fingerprint density at radius 2 is 1.02 bits per heavy atom. The molecular formula is C74H106O20. The van der Waals surface area contributed by atoms with Gasteiger partial charge in [-0.2, -0.15) is 0 Å². The lowest BCUT2D eigenvalue weighted by atomic mass is 9.71. The Kier molecular flexibility index (Phi) is 19.6. The normalized spacial score (nSPS) is 42.8. The van der Waals surface area contributed by atoms with Gasteiger partial charge in [0.1, 0.15) is 47.8 Å². The maximum atomic E-state index is 13.4. The van der Waals surface area contributed by atoms with Gasteiger partial charge in [-0.3, -0.25) is 47.9 Å². The van der Waals surface area contributed by atoms with Crippen LogP contribution in [0.1, 0.15) is 223 Å². The lowest BCUT2D eigenvalue weighted by molar-refractivity contribution is -0.181. The summed E-state index contributed by atoms with van der Waals surface area (Å²) < 4.78 is 56.7. The van der Waals surface area contributed by atoms with Crippen molar-refractivity contribution in [3.8, 4) is 0 Å². The maximum absolute atomic E-state index is 13.4. The van der Waals surface area contributed by atoms with Crippen LogP contribution in [0.3, 0.4) is 0 Å². The first-order valence-corrected chi connectivity index (χ1v) is 36.8. The molecule has 0 aromatic heterocycles. The molecule has 15 rings (SSSR count). The van der Waals surface area contributed by atoms with Crippen LogP contribution in [0.25, 0.3) is 0 Å².